The number of benzene rings is 2. The number of aromatic nitrogens is 2. The number of hydrogen-bond donors (Lipinski definition) is 2. The second kappa shape index (κ2) is 6.52. The van der Waals surface area contributed by atoms with Gasteiger partial charge in [0.15, 0.2) is 0 Å². The Morgan fingerprint density at radius 3 is 2.74 bits per heavy atom. The van der Waals surface area contributed by atoms with Crippen molar-refractivity contribution < 1.29 is 9.90 Å². The number of nitrogens with one attached hydrogen (secondary N) is 1. The molecule has 0 aliphatic rings. The number of amides is 1. The van der Waals surface area contributed by atoms with E-state index in [4.69, 9.17) is 5.11 Å². The first kappa shape index (κ1) is 15.1. The highest BCUT2D eigenvalue weighted by molar-refractivity contribution is 5.82. The van der Waals surface area contributed by atoms with E-state index in [1.807, 2.05) is 36.5 Å². The number of carboxylic acid groups (broad SMARTS) is 1. The molecule has 3 aromatic rings. The van der Waals surface area contributed by atoms with Crippen LogP contribution >= 0.6 is 0 Å². The van der Waals surface area contributed by atoms with Crippen LogP contribution in [0.15, 0.2) is 54.7 Å². The minimum atomic E-state index is -0.906. The van der Waals surface area contributed by atoms with Crippen molar-refractivity contribution in [2.45, 2.75) is 12.3 Å². The van der Waals surface area contributed by atoms with Crippen molar-refractivity contribution in [3.8, 4) is 0 Å². The van der Waals surface area contributed by atoms with Gasteiger partial charge in [0.05, 0.1) is 11.7 Å². The van der Waals surface area contributed by atoms with Crippen LogP contribution in [0, 0.1) is 0 Å². The van der Waals surface area contributed by atoms with Crippen molar-refractivity contribution in [1.82, 2.24) is 15.1 Å². The predicted octanol–water partition coefficient (Wildman–Crippen LogP) is 3.69. The Morgan fingerprint density at radius 1 is 1.22 bits per heavy atom. The molecule has 1 aromatic heterocycles. The third kappa shape index (κ3) is 3.18. The molecule has 0 aliphatic carbocycles. The average Bonchev–Trinajstić information content (AvgIpc) is 3.05. The number of carbonyl (C=O) groups is 1. The fraction of sp³-hybridized carbons (Fsp3) is 0.222. The van der Waals surface area contributed by atoms with Gasteiger partial charge in [-0.25, -0.2) is 4.79 Å². The van der Waals surface area contributed by atoms with Crippen molar-refractivity contribution in [3.05, 3.63) is 65.9 Å². The molecule has 0 spiro atoms. The summed E-state index contributed by atoms with van der Waals surface area (Å²) in [5.74, 6) is 0.113. The summed E-state index contributed by atoms with van der Waals surface area (Å²) in [6.07, 6.45) is 1.62. The Kier molecular flexibility index (Phi) is 4.28. The van der Waals surface area contributed by atoms with Gasteiger partial charge >= 0.3 is 6.09 Å². The Hall–Kier alpha value is -2.82. The second-order valence-corrected chi connectivity index (χ2v) is 5.64. The first-order valence-electron chi connectivity index (χ1n) is 7.58. The van der Waals surface area contributed by atoms with Gasteiger partial charge < -0.3 is 10.0 Å². The molecular formula is C18H19N3O2. The highest BCUT2D eigenvalue weighted by Crippen LogP contribution is 2.32. The molecule has 118 valence electrons. The van der Waals surface area contributed by atoms with E-state index >= 15 is 0 Å². The molecule has 0 radical (unpaired) electrons. The van der Waals surface area contributed by atoms with Crippen molar-refractivity contribution >= 4 is 17.0 Å². The van der Waals surface area contributed by atoms with E-state index in [0.29, 0.717) is 13.0 Å². The van der Waals surface area contributed by atoms with Gasteiger partial charge in [-0.2, -0.15) is 5.10 Å². The van der Waals surface area contributed by atoms with E-state index < -0.39 is 6.09 Å². The minimum absolute atomic E-state index is 0.113. The molecule has 0 aliphatic heterocycles. The topological polar surface area (TPSA) is 69.2 Å². The predicted molar refractivity (Wildman–Crippen MR) is 89.7 cm³/mol. The summed E-state index contributed by atoms with van der Waals surface area (Å²) in [4.78, 5) is 12.4. The van der Waals surface area contributed by atoms with Crippen molar-refractivity contribution in [2.75, 3.05) is 13.6 Å². The number of H-pyrrole nitrogens is 1. The molecule has 3 rings (SSSR count). The smallest absolute Gasteiger partial charge is 0.407 e. The summed E-state index contributed by atoms with van der Waals surface area (Å²) < 4.78 is 0. The molecule has 5 nitrogen and oxygen atoms in total. The van der Waals surface area contributed by atoms with Crippen molar-refractivity contribution in [2.24, 2.45) is 0 Å². The van der Waals surface area contributed by atoms with E-state index in [2.05, 4.69) is 28.4 Å². The minimum Gasteiger partial charge on any atom is -0.465 e. The Bertz CT molecular complexity index is 798. The number of aromatic amines is 1. The number of rotatable bonds is 5. The van der Waals surface area contributed by atoms with Crippen LogP contribution in [0.5, 0.6) is 0 Å². The van der Waals surface area contributed by atoms with Gasteiger partial charge in [0, 0.05) is 24.9 Å². The fourth-order valence-electron chi connectivity index (χ4n) is 2.89. The van der Waals surface area contributed by atoms with E-state index in [-0.39, 0.29) is 5.92 Å². The second-order valence-electron chi connectivity index (χ2n) is 5.64. The van der Waals surface area contributed by atoms with E-state index in [1.165, 1.54) is 10.5 Å². The lowest BCUT2D eigenvalue weighted by atomic mass is 9.87. The first-order valence-corrected chi connectivity index (χ1v) is 7.58. The van der Waals surface area contributed by atoms with Gasteiger partial charge in [-0.15, -0.1) is 0 Å². The van der Waals surface area contributed by atoms with Crippen LogP contribution in [0.2, 0.25) is 0 Å². The van der Waals surface area contributed by atoms with Crippen LogP contribution in [0.25, 0.3) is 10.9 Å². The van der Waals surface area contributed by atoms with E-state index in [0.717, 1.165) is 16.5 Å². The maximum Gasteiger partial charge on any atom is 0.407 e. The molecule has 1 heterocycles. The Balaban J connectivity index is 1.98. The Morgan fingerprint density at radius 2 is 2.00 bits per heavy atom. The number of nitrogens with zero attached hydrogens (tertiary/aromatic N) is 2. The zero-order valence-electron chi connectivity index (χ0n) is 12.9. The summed E-state index contributed by atoms with van der Waals surface area (Å²) in [5.41, 5.74) is 3.33. The molecule has 1 amide bonds. The third-order valence-corrected chi connectivity index (χ3v) is 4.17. The standard InChI is InChI=1S/C18H19N3O2/c1-21(18(22)23)11-10-15(13-6-3-2-4-7-13)16-9-5-8-14-12-19-20-17(14)16/h2-9,12,15H,10-11H2,1H3,(H,19,20)(H,22,23). The molecule has 1 atom stereocenters. The molecule has 2 aromatic carbocycles. The summed E-state index contributed by atoms with van der Waals surface area (Å²) in [7, 11) is 1.60. The largest absolute Gasteiger partial charge is 0.465 e. The molecule has 5 heteroatoms. The molecule has 0 fully saturated rings. The summed E-state index contributed by atoms with van der Waals surface area (Å²) in [6.45, 7) is 0.472. The van der Waals surface area contributed by atoms with E-state index in [1.54, 1.807) is 7.05 Å². The van der Waals surface area contributed by atoms with Gasteiger partial charge in [-0.3, -0.25) is 5.10 Å². The van der Waals surface area contributed by atoms with E-state index in [9.17, 15) is 4.79 Å². The summed E-state index contributed by atoms with van der Waals surface area (Å²) in [6, 6.07) is 16.3. The number of fused-ring (bicyclic) bond motifs is 1. The monoisotopic (exact) mass is 309 g/mol. The highest BCUT2D eigenvalue weighted by Gasteiger charge is 2.19. The fourth-order valence-corrected chi connectivity index (χ4v) is 2.89. The lowest BCUT2D eigenvalue weighted by molar-refractivity contribution is 0.155. The highest BCUT2D eigenvalue weighted by atomic mass is 16.4. The van der Waals surface area contributed by atoms with Gasteiger partial charge in [0.1, 0.15) is 0 Å². The van der Waals surface area contributed by atoms with Gasteiger partial charge in [-0.1, -0.05) is 48.5 Å². The maximum absolute atomic E-state index is 11.1. The van der Waals surface area contributed by atoms with Gasteiger partial charge in [0.25, 0.3) is 0 Å². The first-order chi connectivity index (χ1) is 11.2. The zero-order valence-corrected chi connectivity index (χ0v) is 12.9. The quantitative estimate of drug-likeness (QED) is 0.755. The number of para-hydroxylation sites is 1. The van der Waals surface area contributed by atoms with Crippen LogP contribution in [0.1, 0.15) is 23.5 Å². The zero-order chi connectivity index (χ0) is 16.2. The van der Waals surface area contributed by atoms with Crippen LogP contribution in [0.3, 0.4) is 0 Å². The average molecular weight is 309 g/mol. The van der Waals surface area contributed by atoms with Crippen molar-refractivity contribution in [1.29, 1.82) is 0 Å². The van der Waals surface area contributed by atoms with Crippen molar-refractivity contribution in [3.63, 3.8) is 0 Å². The summed E-state index contributed by atoms with van der Waals surface area (Å²) >= 11 is 0. The lowest BCUT2D eigenvalue weighted by Gasteiger charge is -2.21. The molecular weight excluding hydrogens is 290 g/mol. The van der Waals surface area contributed by atoms with Crippen LogP contribution < -0.4 is 0 Å². The van der Waals surface area contributed by atoms with Crippen LogP contribution in [-0.2, 0) is 0 Å². The third-order valence-electron chi connectivity index (χ3n) is 4.17. The number of hydrogen-bond acceptors (Lipinski definition) is 2. The molecule has 0 bridgehead atoms. The molecule has 0 saturated carbocycles. The molecule has 1 unspecified atom stereocenters. The van der Waals surface area contributed by atoms with Crippen LogP contribution in [0.4, 0.5) is 4.79 Å². The molecule has 2 N–H and O–H groups in total. The SMILES string of the molecule is CN(CCC(c1ccccc1)c1cccc2cn[nH]c12)C(=O)O. The molecule has 23 heavy (non-hydrogen) atoms. The normalized spacial score (nSPS) is 12.2. The maximum atomic E-state index is 11.1. The van der Waals surface area contributed by atoms with Gasteiger partial charge in [-0.05, 0) is 17.5 Å². The lowest BCUT2D eigenvalue weighted by Crippen LogP contribution is -2.27. The van der Waals surface area contributed by atoms with Crippen LogP contribution in [-0.4, -0.2) is 39.9 Å². The summed E-state index contributed by atoms with van der Waals surface area (Å²) in [5, 5.41) is 17.4. The molecule has 0 saturated heterocycles. The Labute approximate surface area is 134 Å². The van der Waals surface area contributed by atoms with Gasteiger partial charge in [0.2, 0.25) is 0 Å².